The molecule has 6 heteroatoms. The topological polar surface area (TPSA) is 68.3 Å². The molecule has 2 rings (SSSR count). The molecule has 0 fully saturated rings. The van der Waals surface area contributed by atoms with E-state index in [1.165, 1.54) is 6.33 Å². The molecule has 0 amide bonds. The summed E-state index contributed by atoms with van der Waals surface area (Å²) in [6.45, 7) is 1.15. The third kappa shape index (κ3) is 3.50. The fourth-order valence-corrected chi connectivity index (χ4v) is 1.73. The molecule has 0 saturated heterocycles. The Labute approximate surface area is 118 Å². The zero-order valence-corrected chi connectivity index (χ0v) is 11.6. The molecular weight excluding hydrogens is 256 g/mol. The SMILES string of the molecule is CNc1ncnc(NCCOc2ccccc2)c1OC. The first kappa shape index (κ1) is 13.9. The predicted molar refractivity (Wildman–Crippen MR) is 78.6 cm³/mol. The van der Waals surface area contributed by atoms with Gasteiger partial charge in [0, 0.05) is 7.05 Å². The van der Waals surface area contributed by atoms with E-state index in [0.29, 0.717) is 30.5 Å². The standard InChI is InChI=1S/C14H18N4O2/c1-15-13-12(19-2)14(18-10-17-13)16-8-9-20-11-6-4-3-5-7-11/h3-7,10H,8-9H2,1-2H3,(H2,15,16,17,18). The molecule has 20 heavy (non-hydrogen) atoms. The second-order valence-electron chi connectivity index (χ2n) is 3.94. The molecule has 0 bridgehead atoms. The average Bonchev–Trinajstić information content (AvgIpc) is 2.52. The highest BCUT2D eigenvalue weighted by molar-refractivity contribution is 5.63. The third-order valence-electron chi connectivity index (χ3n) is 2.65. The molecule has 0 unspecified atom stereocenters. The third-order valence-corrected chi connectivity index (χ3v) is 2.65. The van der Waals surface area contributed by atoms with E-state index in [9.17, 15) is 0 Å². The Bertz CT molecular complexity index is 534. The Morgan fingerprint density at radius 1 is 1.10 bits per heavy atom. The van der Waals surface area contributed by atoms with Crippen LogP contribution >= 0.6 is 0 Å². The largest absolute Gasteiger partial charge is 0.492 e. The number of nitrogens with one attached hydrogen (secondary N) is 2. The zero-order chi connectivity index (χ0) is 14.2. The lowest BCUT2D eigenvalue weighted by Crippen LogP contribution is -2.13. The highest BCUT2D eigenvalue weighted by Gasteiger charge is 2.10. The van der Waals surface area contributed by atoms with Gasteiger partial charge in [0.25, 0.3) is 0 Å². The molecule has 106 valence electrons. The molecule has 0 aliphatic rings. The van der Waals surface area contributed by atoms with E-state index in [1.54, 1.807) is 14.2 Å². The van der Waals surface area contributed by atoms with Crippen molar-refractivity contribution in [2.24, 2.45) is 0 Å². The van der Waals surface area contributed by atoms with Crippen molar-refractivity contribution in [2.45, 2.75) is 0 Å². The smallest absolute Gasteiger partial charge is 0.204 e. The van der Waals surface area contributed by atoms with Gasteiger partial charge in [-0.25, -0.2) is 9.97 Å². The number of nitrogens with zero attached hydrogens (tertiary/aromatic N) is 2. The Morgan fingerprint density at radius 3 is 2.55 bits per heavy atom. The lowest BCUT2D eigenvalue weighted by molar-refractivity contribution is 0.332. The lowest BCUT2D eigenvalue weighted by Gasteiger charge is -2.13. The summed E-state index contributed by atoms with van der Waals surface area (Å²) in [7, 11) is 3.37. The van der Waals surface area contributed by atoms with Gasteiger partial charge in [0.2, 0.25) is 5.75 Å². The molecule has 1 aromatic carbocycles. The predicted octanol–water partition coefficient (Wildman–Crippen LogP) is 2.02. The number of benzene rings is 1. The van der Waals surface area contributed by atoms with E-state index in [0.717, 1.165) is 5.75 Å². The Hall–Kier alpha value is -2.50. The highest BCUT2D eigenvalue weighted by atomic mass is 16.5. The molecule has 0 aliphatic heterocycles. The lowest BCUT2D eigenvalue weighted by atomic mass is 10.3. The minimum absolute atomic E-state index is 0.534. The summed E-state index contributed by atoms with van der Waals surface area (Å²) < 4.78 is 10.9. The first-order valence-electron chi connectivity index (χ1n) is 6.33. The number of ether oxygens (including phenoxy) is 2. The van der Waals surface area contributed by atoms with Crippen molar-refractivity contribution >= 4 is 11.6 Å². The molecule has 1 heterocycles. The Balaban J connectivity index is 1.88. The number of para-hydroxylation sites is 1. The summed E-state index contributed by atoms with van der Waals surface area (Å²) in [4.78, 5) is 8.25. The van der Waals surface area contributed by atoms with Gasteiger partial charge in [0.05, 0.1) is 13.7 Å². The van der Waals surface area contributed by atoms with Gasteiger partial charge in [-0.05, 0) is 12.1 Å². The van der Waals surface area contributed by atoms with Crippen LogP contribution < -0.4 is 20.1 Å². The van der Waals surface area contributed by atoms with Gasteiger partial charge in [-0.2, -0.15) is 0 Å². The molecular formula is C14H18N4O2. The second-order valence-corrected chi connectivity index (χ2v) is 3.94. The fourth-order valence-electron chi connectivity index (χ4n) is 1.73. The maximum atomic E-state index is 5.60. The van der Waals surface area contributed by atoms with Gasteiger partial charge in [0.15, 0.2) is 11.6 Å². The van der Waals surface area contributed by atoms with Crippen LogP contribution in [0.5, 0.6) is 11.5 Å². The zero-order valence-electron chi connectivity index (χ0n) is 11.6. The summed E-state index contributed by atoms with van der Waals surface area (Å²) in [5, 5.41) is 6.12. The van der Waals surface area contributed by atoms with Crippen LogP contribution in [-0.4, -0.2) is 37.3 Å². The number of anilines is 2. The van der Waals surface area contributed by atoms with Gasteiger partial charge < -0.3 is 20.1 Å². The summed E-state index contributed by atoms with van der Waals surface area (Å²) >= 11 is 0. The molecule has 0 saturated carbocycles. The van der Waals surface area contributed by atoms with E-state index in [2.05, 4.69) is 20.6 Å². The van der Waals surface area contributed by atoms with Crippen molar-refractivity contribution in [2.75, 3.05) is 37.9 Å². The second kappa shape index (κ2) is 7.18. The van der Waals surface area contributed by atoms with E-state index in [4.69, 9.17) is 9.47 Å². The Morgan fingerprint density at radius 2 is 1.85 bits per heavy atom. The van der Waals surface area contributed by atoms with Crippen LogP contribution in [0.2, 0.25) is 0 Å². The van der Waals surface area contributed by atoms with Gasteiger partial charge in [-0.1, -0.05) is 18.2 Å². The van der Waals surface area contributed by atoms with E-state index in [-0.39, 0.29) is 0 Å². The first-order chi connectivity index (χ1) is 9.85. The number of methoxy groups -OCH3 is 1. The minimum atomic E-state index is 0.534. The maximum absolute atomic E-state index is 5.60. The van der Waals surface area contributed by atoms with Crippen LogP contribution in [0.25, 0.3) is 0 Å². The fraction of sp³-hybridized carbons (Fsp3) is 0.286. The molecule has 0 radical (unpaired) electrons. The van der Waals surface area contributed by atoms with Crippen molar-refractivity contribution < 1.29 is 9.47 Å². The average molecular weight is 274 g/mol. The summed E-state index contributed by atoms with van der Waals surface area (Å²) in [5.74, 6) is 2.73. The van der Waals surface area contributed by atoms with E-state index >= 15 is 0 Å². The van der Waals surface area contributed by atoms with Gasteiger partial charge in [0.1, 0.15) is 18.7 Å². The van der Waals surface area contributed by atoms with Crippen LogP contribution in [0.3, 0.4) is 0 Å². The normalized spacial score (nSPS) is 9.90. The minimum Gasteiger partial charge on any atom is -0.492 e. The first-order valence-corrected chi connectivity index (χ1v) is 6.33. The molecule has 0 atom stereocenters. The van der Waals surface area contributed by atoms with Gasteiger partial charge in [-0.15, -0.1) is 0 Å². The molecule has 2 aromatic rings. The monoisotopic (exact) mass is 274 g/mol. The summed E-state index contributed by atoms with van der Waals surface area (Å²) in [5.41, 5.74) is 0. The van der Waals surface area contributed by atoms with Crippen LogP contribution in [0.1, 0.15) is 0 Å². The molecule has 6 nitrogen and oxygen atoms in total. The van der Waals surface area contributed by atoms with Crippen molar-refractivity contribution in [3.8, 4) is 11.5 Å². The van der Waals surface area contributed by atoms with Crippen molar-refractivity contribution in [3.05, 3.63) is 36.7 Å². The molecule has 0 spiro atoms. The molecule has 1 aromatic heterocycles. The quantitative estimate of drug-likeness (QED) is 0.753. The van der Waals surface area contributed by atoms with Crippen molar-refractivity contribution in [3.63, 3.8) is 0 Å². The van der Waals surface area contributed by atoms with Crippen molar-refractivity contribution in [1.29, 1.82) is 0 Å². The Kier molecular flexibility index (Phi) is 5.00. The molecule has 0 aliphatic carbocycles. The highest BCUT2D eigenvalue weighted by Crippen LogP contribution is 2.28. The van der Waals surface area contributed by atoms with Crippen LogP contribution in [0, 0.1) is 0 Å². The summed E-state index contributed by atoms with van der Waals surface area (Å²) in [6.07, 6.45) is 1.48. The van der Waals surface area contributed by atoms with E-state index in [1.807, 2.05) is 30.3 Å². The van der Waals surface area contributed by atoms with Crippen LogP contribution in [0.4, 0.5) is 11.6 Å². The number of rotatable bonds is 7. The number of aromatic nitrogens is 2. The number of hydrogen-bond donors (Lipinski definition) is 2. The van der Waals surface area contributed by atoms with E-state index < -0.39 is 0 Å². The van der Waals surface area contributed by atoms with Gasteiger partial charge in [-0.3, -0.25) is 0 Å². The van der Waals surface area contributed by atoms with Crippen LogP contribution in [0.15, 0.2) is 36.7 Å². The molecule has 2 N–H and O–H groups in total. The number of hydrogen-bond acceptors (Lipinski definition) is 6. The van der Waals surface area contributed by atoms with Crippen LogP contribution in [-0.2, 0) is 0 Å². The maximum Gasteiger partial charge on any atom is 0.204 e. The van der Waals surface area contributed by atoms with Crippen molar-refractivity contribution in [1.82, 2.24) is 9.97 Å². The summed E-state index contributed by atoms with van der Waals surface area (Å²) in [6, 6.07) is 9.68. The van der Waals surface area contributed by atoms with Gasteiger partial charge >= 0.3 is 0 Å².